The summed E-state index contributed by atoms with van der Waals surface area (Å²) in [4.78, 5) is 8.98. The first-order chi connectivity index (χ1) is 10.2. The highest BCUT2D eigenvalue weighted by Gasteiger charge is 2.12. The van der Waals surface area contributed by atoms with Gasteiger partial charge in [-0.3, -0.25) is 0 Å². The molecule has 0 amide bonds. The quantitative estimate of drug-likeness (QED) is 0.684. The molecule has 0 radical (unpaired) electrons. The van der Waals surface area contributed by atoms with Crippen LogP contribution in [0.25, 0.3) is 11.2 Å². The van der Waals surface area contributed by atoms with Crippen LogP contribution in [0.1, 0.15) is 11.4 Å². The zero-order valence-electron chi connectivity index (χ0n) is 11.4. The van der Waals surface area contributed by atoms with Gasteiger partial charge in [-0.05, 0) is 23.8 Å². The number of nitrogens with zero attached hydrogens (tertiary/aromatic N) is 3. The summed E-state index contributed by atoms with van der Waals surface area (Å²) in [7, 11) is 1.59. The van der Waals surface area contributed by atoms with Crippen LogP contribution in [0.3, 0.4) is 0 Å². The molecule has 4 nitrogen and oxygen atoms in total. The minimum Gasteiger partial charge on any atom is -0.481 e. The van der Waals surface area contributed by atoms with E-state index in [9.17, 15) is 0 Å². The van der Waals surface area contributed by atoms with Crippen LogP contribution in [0, 0.1) is 0 Å². The van der Waals surface area contributed by atoms with Gasteiger partial charge in [0.2, 0.25) is 5.88 Å². The summed E-state index contributed by atoms with van der Waals surface area (Å²) in [6, 6.07) is 11.4. The van der Waals surface area contributed by atoms with Gasteiger partial charge in [0.1, 0.15) is 11.3 Å². The van der Waals surface area contributed by atoms with Crippen molar-refractivity contribution in [2.45, 2.75) is 12.4 Å². The topological polar surface area (TPSA) is 39.9 Å². The van der Waals surface area contributed by atoms with Crippen LogP contribution < -0.4 is 4.74 Å². The number of alkyl halides is 1. The fourth-order valence-corrected chi connectivity index (χ4v) is 2.52. The van der Waals surface area contributed by atoms with Crippen LogP contribution >= 0.6 is 23.2 Å². The third-order valence-electron chi connectivity index (χ3n) is 3.23. The van der Waals surface area contributed by atoms with E-state index in [1.165, 1.54) is 0 Å². The van der Waals surface area contributed by atoms with Gasteiger partial charge in [-0.15, -0.1) is 11.6 Å². The number of hydrogen-bond acceptors (Lipinski definition) is 3. The molecule has 0 saturated heterocycles. The number of hydrogen-bond donors (Lipinski definition) is 0. The number of halogens is 2. The number of fused-ring (bicyclic) bond motifs is 1. The van der Waals surface area contributed by atoms with Crippen molar-refractivity contribution in [1.29, 1.82) is 0 Å². The number of imidazole rings is 1. The van der Waals surface area contributed by atoms with E-state index in [4.69, 9.17) is 27.9 Å². The standard InChI is InChI=1S/C15H13Cl2N3O/c1-21-14-7-6-12-15(19-14)20(13(8-16)18-12)9-10-2-4-11(17)5-3-10/h2-7H,8-9H2,1H3. The minimum absolute atomic E-state index is 0.326. The first-order valence-electron chi connectivity index (χ1n) is 6.42. The molecule has 0 unspecified atom stereocenters. The Kier molecular flexibility index (Phi) is 3.99. The molecular formula is C15H13Cl2N3O. The molecule has 0 fully saturated rings. The fraction of sp³-hybridized carbons (Fsp3) is 0.200. The number of ether oxygens (including phenoxy) is 1. The third kappa shape index (κ3) is 2.82. The molecule has 3 aromatic rings. The number of methoxy groups -OCH3 is 1. The highest BCUT2D eigenvalue weighted by atomic mass is 35.5. The van der Waals surface area contributed by atoms with Gasteiger partial charge in [-0.1, -0.05) is 23.7 Å². The number of rotatable bonds is 4. The Labute approximate surface area is 132 Å². The molecule has 0 N–H and O–H groups in total. The van der Waals surface area contributed by atoms with Gasteiger partial charge in [0.05, 0.1) is 19.5 Å². The lowest BCUT2D eigenvalue weighted by molar-refractivity contribution is 0.399. The first-order valence-corrected chi connectivity index (χ1v) is 7.33. The Morgan fingerprint density at radius 2 is 1.86 bits per heavy atom. The molecular weight excluding hydrogens is 309 g/mol. The van der Waals surface area contributed by atoms with Gasteiger partial charge in [0.25, 0.3) is 0 Å². The molecule has 0 aliphatic carbocycles. The maximum Gasteiger partial charge on any atom is 0.215 e. The van der Waals surface area contributed by atoms with Crippen molar-refractivity contribution in [1.82, 2.24) is 14.5 Å². The molecule has 6 heteroatoms. The highest BCUT2D eigenvalue weighted by Crippen LogP contribution is 2.21. The lowest BCUT2D eigenvalue weighted by Crippen LogP contribution is -2.05. The van der Waals surface area contributed by atoms with Gasteiger partial charge in [-0.2, -0.15) is 4.98 Å². The van der Waals surface area contributed by atoms with Crippen LogP contribution in [0.15, 0.2) is 36.4 Å². The summed E-state index contributed by atoms with van der Waals surface area (Å²) in [6.45, 7) is 0.635. The SMILES string of the molecule is COc1ccc2nc(CCl)n(Cc3ccc(Cl)cc3)c2n1. The van der Waals surface area contributed by atoms with Crippen molar-refractivity contribution >= 4 is 34.4 Å². The largest absolute Gasteiger partial charge is 0.481 e. The maximum absolute atomic E-state index is 6.01. The Hall–Kier alpha value is -1.78. The summed E-state index contributed by atoms with van der Waals surface area (Å²) in [5.41, 5.74) is 2.68. The predicted octanol–water partition coefficient (Wildman–Crippen LogP) is 3.88. The van der Waals surface area contributed by atoms with Crippen LogP contribution in [-0.4, -0.2) is 21.6 Å². The summed E-state index contributed by atoms with van der Waals surface area (Å²) >= 11 is 11.9. The molecule has 0 bridgehead atoms. The van der Waals surface area contributed by atoms with Crippen molar-refractivity contribution in [3.63, 3.8) is 0 Å². The second-order valence-corrected chi connectivity index (χ2v) is 5.27. The Bertz CT molecular complexity index is 768. The molecule has 108 valence electrons. The van der Waals surface area contributed by atoms with Crippen molar-refractivity contribution in [2.24, 2.45) is 0 Å². The maximum atomic E-state index is 6.01. The zero-order valence-corrected chi connectivity index (χ0v) is 12.9. The van der Waals surface area contributed by atoms with E-state index in [-0.39, 0.29) is 0 Å². The van der Waals surface area contributed by atoms with E-state index >= 15 is 0 Å². The van der Waals surface area contributed by atoms with Crippen LogP contribution in [-0.2, 0) is 12.4 Å². The zero-order chi connectivity index (χ0) is 14.8. The van der Waals surface area contributed by atoms with E-state index in [0.29, 0.717) is 23.3 Å². The molecule has 0 atom stereocenters. The molecule has 1 aromatic carbocycles. The second-order valence-electron chi connectivity index (χ2n) is 4.57. The summed E-state index contributed by atoms with van der Waals surface area (Å²) < 4.78 is 7.18. The lowest BCUT2D eigenvalue weighted by atomic mass is 10.2. The van der Waals surface area contributed by atoms with Gasteiger partial charge in [-0.25, -0.2) is 4.98 Å². The van der Waals surface area contributed by atoms with Crippen molar-refractivity contribution in [3.05, 3.63) is 52.8 Å². The number of benzene rings is 1. The Balaban J connectivity index is 2.08. The van der Waals surface area contributed by atoms with E-state index in [2.05, 4.69) is 9.97 Å². The van der Waals surface area contributed by atoms with Gasteiger partial charge >= 0.3 is 0 Å². The average molecular weight is 322 g/mol. The third-order valence-corrected chi connectivity index (χ3v) is 3.72. The van der Waals surface area contributed by atoms with E-state index in [1.54, 1.807) is 13.2 Å². The van der Waals surface area contributed by atoms with Crippen molar-refractivity contribution in [2.75, 3.05) is 7.11 Å². The summed E-state index contributed by atoms with van der Waals surface area (Å²) in [6.07, 6.45) is 0. The monoisotopic (exact) mass is 321 g/mol. The van der Waals surface area contributed by atoms with Crippen molar-refractivity contribution in [3.8, 4) is 5.88 Å². The lowest BCUT2D eigenvalue weighted by Gasteiger charge is -2.08. The fourth-order valence-electron chi connectivity index (χ4n) is 2.19. The van der Waals surface area contributed by atoms with Gasteiger partial charge in [0.15, 0.2) is 5.65 Å². The molecule has 2 aromatic heterocycles. The number of aromatic nitrogens is 3. The van der Waals surface area contributed by atoms with Crippen LogP contribution in [0.4, 0.5) is 0 Å². The average Bonchev–Trinajstić information content (AvgIpc) is 2.86. The first kappa shape index (κ1) is 14.2. The molecule has 0 aliphatic rings. The molecule has 0 aliphatic heterocycles. The van der Waals surface area contributed by atoms with E-state index in [1.807, 2.05) is 34.9 Å². The van der Waals surface area contributed by atoms with Crippen LogP contribution in [0.2, 0.25) is 5.02 Å². The Morgan fingerprint density at radius 1 is 1.10 bits per heavy atom. The molecule has 0 saturated carbocycles. The van der Waals surface area contributed by atoms with E-state index < -0.39 is 0 Å². The second kappa shape index (κ2) is 5.92. The van der Waals surface area contributed by atoms with Gasteiger partial charge in [0, 0.05) is 11.1 Å². The molecule has 2 heterocycles. The summed E-state index contributed by atoms with van der Waals surface area (Å²) in [5.74, 6) is 1.66. The van der Waals surface area contributed by atoms with Crippen LogP contribution in [0.5, 0.6) is 5.88 Å². The molecule has 21 heavy (non-hydrogen) atoms. The number of pyridine rings is 1. The normalized spacial score (nSPS) is 11.0. The predicted molar refractivity (Wildman–Crippen MR) is 84.2 cm³/mol. The van der Waals surface area contributed by atoms with Gasteiger partial charge < -0.3 is 9.30 Å². The Morgan fingerprint density at radius 3 is 2.52 bits per heavy atom. The molecule has 3 rings (SSSR count). The minimum atomic E-state index is 0.326. The molecule has 0 spiro atoms. The highest BCUT2D eigenvalue weighted by molar-refractivity contribution is 6.30. The smallest absolute Gasteiger partial charge is 0.215 e. The van der Waals surface area contributed by atoms with E-state index in [0.717, 1.165) is 22.6 Å². The van der Waals surface area contributed by atoms with Crippen molar-refractivity contribution < 1.29 is 4.74 Å². The summed E-state index contributed by atoms with van der Waals surface area (Å²) in [5, 5.41) is 0.714.